The fourth-order valence-electron chi connectivity index (χ4n) is 4.47. The van der Waals surface area contributed by atoms with E-state index in [1.165, 1.54) is 10.6 Å². The molecule has 1 aliphatic carbocycles. The molecule has 1 N–H and O–H groups in total. The van der Waals surface area contributed by atoms with E-state index in [1.807, 2.05) is 38.1 Å². The Morgan fingerprint density at radius 2 is 1.94 bits per heavy atom. The summed E-state index contributed by atoms with van der Waals surface area (Å²) in [7, 11) is -1.94. The van der Waals surface area contributed by atoms with Crippen LogP contribution in [0.25, 0.3) is 22.4 Å². The Labute approximate surface area is 201 Å². The summed E-state index contributed by atoms with van der Waals surface area (Å²) in [6.45, 7) is 6.46. The van der Waals surface area contributed by atoms with Crippen LogP contribution in [-0.2, 0) is 10.0 Å². The summed E-state index contributed by atoms with van der Waals surface area (Å²) in [6.07, 6.45) is 5.86. The van der Waals surface area contributed by atoms with Gasteiger partial charge in [0.05, 0.1) is 17.2 Å². The van der Waals surface area contributed by atoms with Crippen LogP contribution in [0, 0.1) is 13.8 Å². The number of aryl methyl sites for hydroxylation is 2. The molecule has 0 bridgehead atoms. The third kappa shape index (κ3) is 4.69. The third-order valence-corrected chi connectivity index (χ3v) is 7.55. The van der Waals surface area contributed by atoms with Gasteiger partial charge in [0, 0.05) is 19.2 Å². The number of sulfonamides is 1. The number of hydrogen-bond donors (Lipinski definition) is 1. The van der Waals surface area contributed by atoms with Crippen LogP contribution < -0.4 is 9.62 Å². The summed E-state index contributed by atoms with van der Waals surface area (Å²) in [5.74, 6) is 0.861. The zero-order valence-electron chi connectivity index (χ0n) is 20.6. The number of fused-ring (bicyclic) bond motifs is 1. The van der Waals surface area contributed by atoms with Gasteiger partial charge in [-0.15, -0.1) is 0 Å². The van der Waals surface area contributed by atoms with Gasteiger partial charge in [-0.2, -0.15) is 4.98 Å². The predicted octanol–water partition coefficient (Wildman–Crippen LogP) is 5.30. The van der Waals surface area contributed by atoms with E-state index in [4.69, 9.17) is 9.40 Å². The van der Waals surface area contributed by atoms with Crippen LogP contribution in [0.5, 0.6) is 0 Å². The van der Waals surface area contributed by atoms with E-state index in [0.717, 1.165) is 54.4 Å². The van der Waals surface area contributed by atoms with Crippen molar-refractivity contribution in [2.75, 3.05) is 24.2 Å². The molecule has 1 saturated carbocycles. The lowest BCUT2D eigenvalue weighted by Crippen LogP contribution is -2.32. The van der Waals surface area contributed by atoms with E-state index in [-0.39, 0.29) is 17.5 Å². The lowest BCUT2D eigenvalue weighted by molar-refractivity contribution is 0.0964. The second kappa shape index (κ2) is 9.41. The van der Waals surface area contributed by atoms with Gasteiger partial charge in [-0.1, -0.05) is 43.5 Å². The highest BCUT2D eigenvalue weighted by atomic mass is 32.2. The Morgan fingerprint density at radius 1 is 1.21 bits per heavy atom. The third-order valence-electron chi connectivity index (χ3n) is 6.39. The molecule has 7 nitrogen and oxygen atoms in total. The molecular weight excluding hydrogens is 450 g/mol. The Morgan fingerprint density at radius 3 is 2.53 bits per heavy atom. The quantitative estimate of drug-likeness (QED) is 0.417. The Bertz CT molecular complexity index is 1340. The van der Waals surface area contributed by atoms with E-state index < -0.39 is 10.0 Å². The van der Waals surface area contributed by atoms with Gasteiger partial charge in [0.1, 0.15) is 5.82 Å². The minimum atomic E-state index is -3.53. The summed E-state index contributed by atoms with van der Waals surface area (Å²) in [5, 5.41) is 3.34. The first-order valence-corrected chi connectivity index (χ1v) is 13.7. The summed E-state index contributed by atoms with van der Waals surface area (Å²) < 4.78 is 33.2. The topological polar surface area (TPSA) is 92.5 Å². The maximum absolute atomic E-state index is 13.0. The van der Waals surface area contributed by atoms with Crippen molar-refractivity contribution in [2.45, 2.75) is 58.8 Å². The number of anilines is 1. The van der Waals surface area contributed by atoms with Gasteiger partial charge >= 0.3 is 0 Å². The van der Waals surface area contributed by atoms with Gasteiger partial charge in [0.25, 0.3) is 5.91 Å². The number of nitrogens with one attached hydrogen (secondary N) is 1. The molecule has 0 atom stereocenters. The zero-order chi connectivity index (χ0) is 24.6. The number of furan rings is 1. The number of amides is 1. The first-order chi connectivity index (χ1) is 16.2. The zero-order valence-corrected chi connectivity index (χ0v) is 21.4. The maximum Gasteiger partial charge on any atom is 0.255 e. The molecule has 34 heavy (non-hydrogen) atoms. The minimum Gasteiger partial charge on any atom is -0.437 e. The van der Waals surface area contributed by atoms with Crippen molar-refractivity contribution in [1.82, 2.24) is 10.3 Å². The molecule has 4 rings (SSSR count). The predicted molar refractivity (Wildman–Crippen MR) is 136 cm³/mol. The number of aromatic nitrogens is 1. The van der Waals surface area contributed by atoms with Crippen molar-refractivity contribution in [1.29, 1.82) is 0 Å². The molecule has 0 unspecified atom stereocenters. The highest BCUT2D eigenvalue weighted by Gasteiger charge is 2.34. The number of pyridine rings is 1. The number of hydrogen-bond acceptors (Lipinski definition) is 5. The number of rotatable bonds is 9. The summed E-state index contributed by atoms with van der Waals surface area (Å²) in [6, 6.07) is 7.90. The summed E-state index contributed by atoms with van der Waals surface area (Å²) in [5.41, 5.74) is 4.50. The van der Waals surface area contributed by atoms with Gasteiger partial charge in [0.2, 0.25) is 15.7 Å². The van der Waals surface area contributed by atoms with Crippen molar-refractivity contribution in [2.24, 2.45) is 0 Å². The average Bonchev–Trinajstić information content (AvgIpc) is 3.55. The number of nitrogens with zero attached hydrogens (tertiary/aromatic N) is 2. The molecule has 0 saturated heterocycles. The van der Waals surface area contributed by atoms with E-state index in [1.54, 1.807) is 7.05 Å². The van der Waals surface area contributed by atoms with Gasteiger partial charge in [-0.05, 0) is 56.2 Å². The fraction of sp³-hybridized carbons (Fsp3) is 0.462. The fourth-order valence-corrected chi connectivity index (χ4v) is 5.39. The van der Waals surface area contributed by atoms with E-state index in [2.05, 4.69) is 12.2 Å². The molecule has 0 spiro atoms. The van der Waals surface area contributed by atoms with E-state index in [0.29, 0.717) is 29.1 Å². The molecule has 182 valence electrons. The molecule has 1 aromatic carbocycles. The first kappa shape index (κ1) is 24.3. The van der Waals surface area contributed by atoms with E-state index >= 15 is 0 Å². The van der Waals surface area contributed by atoms with Crippen LogP contribution in [0.15, 0.2) is 28.7 Å². The molecule has 3 aromatic rings. The molecule has 1 fully saturated rings. The van der Waals surface area contributed by atoms with Crippen molar-refractivity contribution < 1.29 is 17.6 Å². The standard InChI is InChI=1S/C26H33N3O4S/c1-6-7-8-13-29(34(5,31)32)24-20(18-10-11-18)15-21-22(25(30)27-4)23(33-26(21)28-24)19-12-9-16(2)14-17(19)3/h9,12,14-15,18H,6-8,10-11,13H2,1-5H3,(H,27,30). The molecule has 2 aromatic heterocycles. The van der Waals surface area contributed by atoms with Crippen LogP contribution in [0.1, 0.15) is 72.0 Å². The van der Waals surface area contributed by atoms with Crippen LogP contribution in [0.4, 0.5) is 5.82 Å². The normalized spacial score (nSPS) is 13.9. The molecule has 1 amide bonds. The first-order valence-electron chi connectivity index (χ1n) is 11.9. The Kier molecular flexibility index (Phi) is 6.71. The van der Waals surface area contributed by atoms with Gasteiger partial charge < -0.3 is 9.73 Å². The molecule has 1 aliphatic rings. The van der Waals surface area contributed by atoms with Gasteiger partial charge in [0.15, 0.2) is 5.76 Å². The minimum absolute atomic E-state index is 0.235. The Hall–Kier alpha value is -2.87. The Balaban J connectivity index is 1.96. The molecular formula is C26H33N3O4S. The lowest BCUT2D eigenvalue weighted by atomic mass is 9.99. The van der Waals surface area contributed by atoms with Gasteiger partial charge in [-0.25, -0.2) is 8.42 Å². The maximum atomic E-state index is 13.0. The number of unbranched alkanes of at least 4 members (excludes halogenated alkanes) is 2. The molecule has 0 radical (unpaired) electrons. The van der Waals surface area contributed by atoms with E-state index in [9.17, 15) is 13.2 Å². The highest BCUT2D eigenvalue weighted by molar-refractivity contribution is 7.92. The number of carbonyl (C=O) groups excluding carboxylic acids is 1. The summed E-state index contributed by atoms with van der Waals surface area (Å²) >= 11 is 0. The van der Waals surface area contributed by atoms with Crippen LogP contribution in [0.2, 0.25) is 0 Å². The number of benzene rings is 1. The molecule has 2 heterocycles. The van der Waals surface area contributed by atoms with Crippen LogP contribution in [-0.4, -0.2) is 39.2 Å². The van der Waals surface area contributed by atoms with Crippen molar-refractivity contribution in [3.05, 3.63) is 46.5 Å². The molecule has 8 heteroatoms. The SMILES string of the molecule is CCCCCN(c1nc2oc(-c3ccc(C)cc3C)c(C(=O)NC)c2cc1C1CC1)S(C)(=O)=O. The summed E-state index contributed by atoms with van der Waals surface area (Å²) in [4.78, 5) is 17.8. The lowest BCUT2D eigenvalue weighted by Gasteiger charge is -2.23. The largest absolute Gasteiger partial charge is 0.437 e. The smallest absolute Gasteiger partial charge is 0.255 e. The number of carbonyl (C=O) groups is 1. The van der Waals surface area contributed by atoms with Crippen molar-refractivity contribution in [3.63, 3.8) is 0 Å². The molecule has 0 aliphatic heterocycles. The van der Waals surface area contributed by atoms with Crippen LogP contribution >= 0.6 is 0 Å². The second-order valence-electron chi connectivity index (χ2n) is 9.27. The second-order valence-corrected chi connectivity index (χ2v) is 11.2. The van der Waals surface area contributed by atoms with Crippen molar-refractivity contribution in [3.8, 4) is 11.3 Å². The monoisotopic (exact) mass is 483 g/mol. The highest BCUT2D eigenvalue weighted by Crippen LogP contribution is 2.47. The van der Waals surface area contributed by atoms with Crippen molar-refractivity contribution >= 4 is 32.8 Å². The average molecular weight is 484 g/mol. The van der Waals surface area contributed by atoms with Gasteiger partial charge in [-0.3, -0.25) is 9.10 Å². The van der Waals surface area contributed by atoms with Crippen LogP contribution in [0.3, 0.4) is 0 Å².